The number of hydrazine groups is 1. The Bertz CT molecular complexity index is 522. The van der Waals surface area contributed by atoms with Crippen molar-refractivity contribution in [1.29, 1.82) is 0 Å². The summed E-state index contributed by atoms with van der Waals surface area (Å²) in [5, 5.41) is 0.933. The topological polar surface area (TPSA) is 68.0 Å². The largest absolute Gasteiger partial charge is 0.294 e. The molecule has 1 aromatic heterocycles. The van der Waals surface area contributed by atoms with Gasteiger partial charge in [0.25, 0.3) is 0 Å². The third-order valence-electron chi connectivity index (χ3n) is 2.40. The molecule has 0 unspecified atom stereocenters. The fourth-order valence-corrected chi connectivity index (χ4v) is 2.43. The molecule has 0 saturated carbocycles. The van der Waals surface area contributed by atoms with E-state index in [4.69, 9.17) is 5.84 Å². The monoisotopic (exact) mass is 247 g/mol. The lowest BCUT2D eigenvalue weighted by atomic mass is 10.2. The van der Waals surface area contributed by atoms with Crippen molar-refractivity contribution in [3.05, 3.63) is 40.9 Å². The number of rotatable bonds is 3. The first-order chi connectivity index (χ1) is 8.20. The van der Waals surface area contributed by atoms with E-state index in [-0.39, 0.29) is 12.3 Å². The molecule has 2 rings (SSSR count). The summed E-state index contributed by atoms with van der Waals surface area (Å²) in [6.07, 6.45) is 0.228. The highest BCUT2D eigenvalue weighted by atomic mass is 32.1. The van der Waals surface area contributed by atoms with Crippen LogP contribution in [0.5, 0.6) is 0 Å². The fourth-order valence-electron chi connectivity index (χ4n) is 1.50. The number of carbonyl (C=O) groups excluding carboxylic acids is 1. The lowest BCUT2D eigenvalue weighted by Gasteiger charge is -1.96. The highest BCUT2D eigenvalue weighted by molar-refractivity contribution is 7.15. The van der Waals surface area contributed by atoms with Crippen molar-refractivity contribution in [2.75, 3.05) is 0 Å². The van der Waals surface area contributed by atoms with Gasteiger partial charge in [0.15, 0.2) is 0 Å². The standard InChI is InChI=1S/C12H13N3OS/c1-8-10(7-11(16)15-13)14-12(17-8)9-5-3-2-4-6-9/h2-6H,7,13H2,1H3,(H,15,16). The maximum Gasteiger partial charge on any atom is 0.239 e. The van der Waals surface area contributed by atoms with Crippen molar-refractivity contribution in [3.8, 4) is 10.6 Å². The summed E-state index contributed by atoms with van der Waals surface area (Å²) in [5.74, 6) is 4.84. The molecule has 88 valence electrons. The van der Waals surface area contributed by atoms with E-state index in [1.165, 1.54) is 0 Å². The molecule has 2 aromatic rings. The number of nitrogens with two attached hydrogens (primary N) is 1. The summed E-state index contributed by atoms with van der Waals surface area (Å²) in [6.45, 7) is 1.96. The molecule has 0 radical (unpaired) electrons. The molecule has 1 heterocycles. The van der Waals surface area contributed by atoms with Crippen molar-refractivity contribution < 1.29 is 4.79 Å². The molecule has 3 N–H and O–H groups in total. The van der Waals surface area contributed by atoms with Crippen LogP contribution in [0.3, 0.4) is 0 Å². The third-order valence-corrected chi connectivity index (χ3v) is 3.46. The van der Waals surface area contributed by atoms with Gasteiger partial charge in [-0.25, -0.2) is 10.8 Å². The van der Waals surface area contributed by atoms with Gasteiger partial charge in [0.2, 0.25) is 5.91 Å². The number of amides is 1. The zero-order valence-corrected chi connectivity index (χ0v) is 10.3. The highest BCUT2D eigenvalue weighted by Crippen LogP contribution is 2.27. The van der Waals surface area contributed by atoms with Gasteiger partial charge in [0.1, 0.15) is 5.01 Å². The first kappa shape index (κ1) is 11.8. The smallest absolute Gasteiger partial charge is 0.239 e. The van der Waals surface area contributed by atoms with Crippen molar-refractivity contribution in [2.24, 2.45) is 5.84 Å². The van der Waals surface area contributed by atoms with E-state index in [1.54, 1.807) is 11.3 Å². The Morgan fingerprint density at radius 2 is 2.12 bits per heavy atom. The lowest BCUT2D eigenvalue weighted by molar-refractivity contribution is -0.120. The van der Waals surface area contributed by atoms with Gasteiger partial charge in [-0.1, -0.05) is 30.3 Å². The lowest BCUT2D eigenvalue weighted by Crippen LogP contribution is -2.31. The molecule has 0 fully saturated rings. The van der Waals surface area contributed by atoms with E-state index in [0.717, 1.165) is 21.1 Å². The zero-order valence-electron chi connectivity index (χ0n) is 9.43. The summed E-state index contributed by atoms with van der Waals surface area (Å²) >= 11 is 1.59. The van der Waals surface area contributed by atoms with Gasteiger partial charge < -0.3 is 0 Å². The Hall–Kier alpha value is -1.72. The molecule has 1 aromatic carbocycles. The molecule has 0 aliphatic carbocycles. The van der Waals surface area contributed by atoms with E-state index < -0.39 is 0 Å². The predicted molar refractivity (Wildman–Crippen MR) is 68.3 cm³/mol. The average molecular weight is 247 g/mol. The van der Waals surface area contributed by atoms with E-state index in [2.05, 4.69) is 10.4 Å². The Balaban J connectivity index is 2.28. The first-order valence-electron chi connectivity index (χ1n) is 5.22. The van der Waals surface area contributed by atoms with Gasteiger partial charge in [0, 0.05) is 10.4 Å². The second-order valence-electron chi connectivity index (χ2n) is 3.63. The molecule has 17 heavy (non-hydrogen) atoms. The quantitative estimate of drug-likeness (QED) is 0.492. The Morgan fingerprint density at radius 3 is 2.76 bits per heavy atom. The minimum absolute atomic E-state index is 0.224. The third kappa shape index (κ3) is 2.69. The van der Waals surface area contributed by atoms with Crippen LogP contribution < -0.4 is 11.3 Å². The number of hydrogen-bond donors (Lipinski definition) is 2. The van der Waals surface area contributed by atoms with Crippen LogP contribution in [0.4, 0.5) is 0 Å². The number of benzene rings is 1. The van der Waals surface area contributed by atoms with Gasteiger partial charge in [-0.15, -0.1) is 11.3 Å². The van der Waals surface area contributed by atoms with Gasteiger partial charge in [-0.05, 0) is 6.92 Å². The Morgan fingerprint density at radius 1 is 1.41 bits per heavy atom. The maximum absolute atomic E-state index is 11.2. The van der Waals surface area contributed by atoms with Crippen LogP contribution in [0.2, 0.25) is 0 Å². The van der Waals surface area contributed by atoms with Gasteiger partial charge in [-0.2, -0.15) is 0 Å². The summed E-state index contributed by atoms with van der Waals surface area (Å²) < 4.78 is 0. The summed E-state index contributed by atoms with van der Waals surface area (Å²) in [6, 6.07) is 9.92. The number of aromatic nitrogens is 1. The second kappa shape index (κ2) is 5.07. The zero-order chi connectivity index (χ0) is 12.3. The summed E-state index contributed by atoms with van der Waals surface area (Å²) in [5.41, 5.74) is 3.97. The first-order valence-corrected chi connectivity index (χ1v) is 6.03. The number of hydrogen-bond acceptors (Lipinski definition) is 4. The molecule has 0 atom stereocenters. The normalized spacial score (nSPS) is 10.2. The molecule has 0 aliphatic rings. The predicted octanol–water partition coefficient (Wildman–Crippen LogP) is 1.65. The molecular weight excluding hydrogens is 234 g/mol. The van der Waals surface area contributed by atoms with Gasteiger partial charge in [0.05, 0.1) is 12.1 Å². The van der Waals surface area contributed by atoms with Gasteiger partial charge in [-0.3, -0.25) is 10.2 Å². The van der Waals surface area contributed by atoms with Crippen molar-refractivity contribution in [2.45, 2.75) is 13.3 Å². The second-order valence-corrected chi connectivity index (χ2v) is 4.84. The molecule has 0 spiro atoms. The van der Waals surface area contributed by atoms with Crippen LogP contribution in [0.25, 0.3) is 10.6 Å². The maximum atomic E-state index is 11.2. The number of carbonyl (C=O) groups is 1. The molecule has 1 amide bonds. The van der Waals surface area contributed by atoms with Crippen molar-refractivity contribution in [3.63, 3.8) is 0 Å². The van der Waals surface area contributed by atoms with Crippen LogP contribution >= 0.6 is 11.3 Å². The average Bonchev–Trinajstić information content (AvgIpc) is 2.72. The van der Waals surface area contributed by atoms with E-state index >= 15 is 0 Å². The molecular formula is C12H13N3OS. The number of nitrogens with one attached hydrogen (secondary N) is 1. The van der Waals surface area contributed by atoms with Crippen LogP contribution in [0.1, 0.15) is 10.6 Å². The summed E-state index contributed by atoms with van der Waals surface area (Å²) in [7, 11) is 0. The molecule has 5 heteroatoms. The van der Waals surface area contributed by atoms with Crippen molar-refractivity contribution >= 4 is 17.2 Å². The number of nitrogens with zero attached hydrogens (tertiary/aromatic N) is 1. The van der Waals surface area contributed by atoms with E-state index in [0.29, 0.717) is 0 Å². The number of aryl methyl sites for hydroxylation is 1. The molecule has 0 saturated heterocycles. The van der Waals surface area contributed by atoms with Crippen LogP contribution in [0, 0.1) is 6.92 Å². The SMILES string of the molecule is Cc1sc(-c2ccccc2)nc1CC(=O)NN. The van der Waals surface area contributed by atoms with Crippen LogP contribution in [-0.2, 0) is 11.2 Å². The van der Waals surface area contributed by atoms with Gasteiger partial charge >= 0.3 is 0 Å². The van der Waals surface area contributed by atoms with Crippen LogP contribution in [-0.4, -0.2) is 10.9 Å². The highest BCUT2D eigenvalue weighted by Gasteiger charge is 2.11. The minimum Gasteiger partial charge on any atom is -0.294 e. The number of thiazole rings is 1. The molecule has 0 aliphatic heterocycles. The Labute approximate surface area is 103 Å². The Kier molecular flexibility index (Phi) is 3.51. The molecule has 4 nitrogen and oxygen atoms in total. The van der Waals surface area contributed by atoms with E-state index in [9.17, 15) is 4.79 Å². The molecule has 0 bridgehead atoms. The van der Waals surface area contributed by atoms with Crippen molar-refractivity contribution in [1.82, 2.24) is 10.4 Å². The summed E-state index contributed by atoms with van der Waals surface area (Å²) in [4.78, 5) is 16.7. The minimum atomic E-state index is -0.224. The van der Waals surface area contributed by atoms with E-state index in [1.807, 2.05) is 37.3 Å². The fraction of sp³-hybridized carbons (Fsp3) is 0.167. The van der Waals surface area contributed by atoms with Crippen LogP contribution in [0.15, 0.2) is 30.3 Å².